The molecular formula is C12H13N3OS. The molecule has 0 aliphatic carbocycles. The number of fused-ring (bicyclic) bond motifs is 1. The maximum Gasteiger partial charge on any atom is 0.212 e. The van der Waals surface area contributed by atoms with Crippen LogP contribution in [0, 0.1) is 5.92 Å². The fraction of sp³-hybridized carbons (Fsp3) is 0.333. The van der Waals surface area contributed by atoms with E-state index in [9.17, 15) is 0 Å². The van der Waals surface area contributed by atoms with Crippen molar-refractivity contribution < 1.29 is 4.42 Å². The molecule has 4 nitrogen and oxygen atoms in total. The van der Waals surface area contributed by atoms with Gasteiger partial charge in [-0.25, -0.2) is 9.50 Å². The molecule has 5 heteroatoms. The number of imidazole rings is 1. The first-order valence-corrected chi connectivity index (χ1v) is 6.43. The zero-order valence-electron chi connectivity index (χ0n) is 9.75. The topological polar surface area (TPSA) is 43.3 Å². The molecule has 3 heterocycles. The summed E-state index contributed by atoms with van der Waals surface area (Å²) in [5, 5.41) is 5.65. The van der Waals surface area contributed by atoms with Crippen molar-refractivity contribution in [1.29, 1.82) is 0 Å². The first kappa shape index (κ1) is 10.5. The summed E-state index contributed by atoms with van der Waals surface area (Å²) in [7, 11) is 0. The third-order valence-electron chi connectivity index (χ3n) is 2.44. The lowest BCUT2D eigenvalue weighted by Gasteiger charge is -1.97. The molecule has 3 aromatic heterocycles. The average molecular weight is 247 g/mol. The fourth-order valence-electron chi connectivity index (χ4n) is 1.72. The number of hydrogen-bond acceptors (Lipinski definition) is 4. The van der Waals surface area contributed by atoms with Gasteiger partial charge in [0, 0.05) is 6.42 Å². The Morgan fingerprint density at radius 3 is 3.00 bits per heavy atom. The molecule has 0 aliphatic rings. The number of hydrogen-bond donors (Lipinski definition) is 0. The van der Waals surface area contributed by atoms with Gasteiger partial charge in [0.05, 0.1) is 12.5 Å². The van der Waals surface area contributed by atoms with E-state index in [1.165, 1.54) is 0 Å². The van der Waals surface area contributed by atoms with Crippen molar-refractivity contribution in [3.05, 3.63) is 29.6 Å². The van der Waals surface area contributed by atoms with Crippen LogP contribution in [0.4, 0.5) is 0 Å². The van der Waals surface area contributed by atoms with Crippen molar-refractivity contribution in [3.63, 3.8) is 0 Å². The van der Waals surface area contributed by atoms with Gasteiger partial charge in [-0.05, 0) is 18.1 Å². The Hall–Kier alpha value is -1.62. The van der Waals surface area contributed by atoms with E-state index in [1.54, 1.807) is 17.6 Å². The van der Waals surface area contributed by atoms with E-state index >= 15 is 0 Å². The second kappa shape index (κ2) is 4.00. The monoisotopic (exact) mass is 247 g/mol. The molecule has 88 valence electrons. The van der Waals surface area contributed by atoms with Gasteiger partial charge in [-0.15, -0.1) is 0 Å². The van der Waals surface area contributed by atoms with Crippen molar-refractivity contribution in [2.24, 2.45) is 5.92 Å². The van der Waals surface area contributed by atoms with Gasteiger partial charge in [-0.3, -0.25) is 0 Å². The van der Waals surface area contributed by atoms with Gasteiger partial charge >= 0.3 is 0 Å². The fourth-order valence-corrected chi connectivity index (χ4v) is 2.80. The quantitative estimate of drug-likeness (QED) is 0.713. The average Bonchev–Trinajstić information content (AvgIpc) is 2.86. The minimum atomic E-state index is 0.621. The summed E-state index contributed by atoms with van der Waals surface area (Å²) in [5.41, 5.74) is 0.838. The standard InChI is InChI=1S/C12H13N3OS/c1-8(2)6-11-14-15-7-9(13-12(15)17-11)10-4-3-5-16-10/h3-5,7-8H,6H2,1-2H3. The van der Waals surface area contributed by atoms with Gasteiger partial charge in [-0.1, -0.05) is 25.2 Å². The van der Waals surface area contributed by atoms with Crippen molar-refractivity contribution >= 4 is 16.3 Å². The minimum absolute atomic E-state index is 0.621. The van der Waals surface area contributed by atoms with Crippen LogP contribution in [0.15, 0.2) is 29.0 Å². The summed E-state index contributed by atoms with van der Waals surface area (Å²) < 4.78 is 7.15. The third-order valence-corrected chi connectivity index (χ3v) is 3.39. The van der Waals surface area contributed by atoms with E-state index in [-0.39, 0.29) is 0 Å². The lowest BCUT2D eigenvalue weighted by atomic mass is 10.1. The van der Waals surface area contributed by atoms with E-state index in [0.717, 1.165) is 27.8 Å². The smallest absolute Gasteiger partial charge is 0.212 e. The third kappa shape index (κ3) is 1.98. The molecule has 0 saturated heterocycles. The molecule has 0 saturated carbocycles. The highest BCUT2D eigenvalue weighted by molar-refractivity contribution is 7.16. The van der Waals surface area contributed by atoms with Gasteiger partial charge in [0.2, 0.25) is 4.96 Å². The van der Waals surface area contributed by atoms with Crippen LogP contribution >= 0.6 is 11.3 Å². The van der Waals surface area contributed by atoms with Crippen LogP contribution in [0.5, 0.6) is 0 Å². The molecule has 0 N–H and O–H groups in total. The Morgan fingerprint density at radius 1 is 1.47 bits per heavy atom. The summed E-state index contributed by atoms with van der Waals surface area (Å²) in [4.78, 5) is 5.43. The highest BCUT2D eigenvalue weighted by Gasteiger charge is 2.11. The van der Waals surface area contributed by atoms with Crippen LogP contribution in [-0.2, 0) is 6.42 Å². The van der Waals surface area contributed by atoms with Crippen LogP contribution in [0.25, 0.3) is 16.4 Å². The maximum atomic E-state index is 5.31. The first-order valence-electron chi connectivity index (χ1n) is 5.61. The summed E-state index contributed by atoms with van der Waals surface area (Å²) >= 11 is 1.64. The van der Waals surface area contributed by atoms with E-state index < -0.39 is 0 Å². The highest BCUT2D eigenvalue weighted by Crippen LogP contribution is 2.23. The van der Waals surface area contributed by atoms with Crippen molar-refractivity contribution in [1.82, 2.24) is 14.6 Å². The molecule has 0 atom stereocenters. The number of nitrogens with zero attached hydrogens (tertiary/aromatic N) is 3. The van der Waals surface area contributed by atoms with Gasteiger partial charge < -0.3 is 4.42 Å². The summed E-state index contributed by atoms with van der Waals surface area (Å²) in [6.07, 6.45) is 4.57. The van der Waals surface area contributed by atoms with Gasteiger partial charge in [0.15, 0.2) is 5.76 Å². The van der Waals surface area contributed by atoms with Crippen molar-refractivity contribution in [2.45, 2.75) is 20.3 Å². The van der Waals surface area contributed by atoms with E-state index in [2.05, 4.69) is 23.9 Å². The van der Waals surface area contributed by atoms with E-state index in [4.69, 9.17) is 4.42 Å². The van der Waals surface area contributed by atoms with Crippen LogP contribution < -0.4 is 0 Å². The van der Waals surface area contributed by atoms with Crippen LogP contribution in [0.3, 0.4) is 0 Å². The minimum Gasteiger partial charge on any atom is -0.463 e. The molecule has 0 spiro atoms. The van der Waals surface area contributed by atoms with Crippen molar-refractivity contribution in [2.75, 3.05) is 0 Å². The summed E-state index contributed by atoms with van der Waals surface area (Å²) in [6, 6.07) is 3.77. The van der Waals surface area contributed by atoms with Gasteiger partial charge in [-0.2, -0.15) is 5.10 Å². The van der Waals surface area contributed by atoms with Gasteiger partial charge in [0.25, 0.3) is 0 Å². The lowest BCUT2D eigenvalue weighted by molar-refractivity contribution is 0.580. The molecule has 0 fully saturated rings. The zero-order chi connectivity index (χ0) is 11.8. The van der Waals surface area contributed by atoms with E-state index in [1.807, 2.05) is 22.8 Å². The van der Waals surface area contributed by atoms with Crippen LogP contribution in [0.2, 0.25) is 0 Å². The second-order valence-corrected chi connectivity index (χ2v) is 5.46. The molecule has 0 unspecified atom stereocenters. The highest BCUT2D eigenvalue weighted by atomic mass is 32.1. The van der Waals surface area contributed by atoms with Crippen molar-refractivity contribution in [3.8, 4) is 11.5 Å². The molecule has 0 amide bonds. The van der Waals surface area contributed by atoms with E-state index in [0.29, 0.717) is 5.92 Å². The molecule has 0 radical (unpaired) electrons. The Kier molecular flexibility index (Phi) is 2.48. The summed E-state index contributed by atoms with van der Waals surface area (Å²) in [6.45, 7) is 4.39. The largest absolute Gasteiger partial charge is 0.463 e. The molecule has 17 heavy (non-hydrogen) atoms. The maximum absolute atomic E-state index is 5.31. The number of rotatable bonds is 3. The Labute approximate surface area is 103 Å². The van der Waals surface area contributed by atoms with Crippen LogP contribution in [-0.4, -0.2) is 14.6 Å². The normalized spacial score (nSPS) is 11.7. The molecule has 3 aromatic rings. The van der Waals surface area contributed by atoms with Crippen LogP contribution in [0.1, 0.15) is 18.9 Å². The molecule has 3 rings (SSSR count). The Balaban J connectivity index is 1.96. The predicted octanol–water partition coefficient (Wildman–Crippen LogP) is 3.25. The second-order valence-electron chi connectivity index (χ2n) is 4.42. The Bertz CT molecular complexity index is 590. The lowest BCUT2D eigenvalue weighted by Crippen LogP contribution is -1.94. The number of furan rings is 1. The zero-order valence-corrected chi connectivity index (χ0v) is 10.6. The molecule has 0 bridgehead atoms. The summed E-state index contributed by atoms with van der Waals surface area (Å²) in [5.74, 6) is 1.41. The Morgan fingerprint density at radius 2 is 2.35 bits per heavy atom. The molecule has 0 aromatic carbocycles. The molecule has 0 aliphatic heterocycles. The first-order chi connectivity index (χ1) is 8.22. The number of aromatic nitrogens is 3. The van der Waals surface area contributed by atoms with Gasteiger partial charge in [0.1, 0.15) is 10.7 Å². The predicted molar refractivity (Wildman–Crippen MR) is 67.1 cm³/mol. The SMILES string of the molecule is CC(C)Cc1nn2cc(-c3ccco3)nc2s1. The molecular weight excluding hydrogens is 234 g/mol.